The van der Waals surface area contributed by atoms with Crippen molar-refractivity contribution in [2.45, 2.75) is 119 Å². The van der Waals surface area contributed by atoms with Crippen LogP contribution in [0.5, 0.6) is 0 Å². The van der Waals surface area contributed by atoms with Crippen molar-refractivity contribution in [1.82, 2.24) is 19.8 Å². The van der Waals surface area contributed by atoms with E-state index < -0.39 is 0 Å². The number of halogens is 1. The Morgan fingerprint density at radius 2 is 1.60 bits per heavy atom. The molecule has 1 aliphatic rings. The Morgan fingerprint density at radius 1 is 0.977 bits per heavy atom. The van der Waals surface area contributed by atoms with Crippen LogP contribution in [0.2, 0.25) is 5.02 Å². The van der Waals surface area contributed by atoms with Crippen LogP contribution in [0.4, 0.5) is 0 Å². The lowest BCUT2D eigenvalue weighted by Crippen LogP contribution is -2.29. The Morgan fingerprint density at radius 3 is 2.07 bits per heavy atom. The summed E-state index contributed by atoms with van der Waals surface area (Å²) >= 11 is 6.26. The standard InChI is InChI=1S/C14H21ClN2.C12H20N2.C11H21N/c1-11(2)14-13(15)8-12(9-16-14)10-17-6-4-3-5-7-17;1-9(2)12-10(3)6-7-11(13-12)8-14(4)5;1-5-10(7-8-12)11(6-2)9(3)4/h8-9,11H,3-7,10H2,1-2H3;6-7,9H,8H2,1-5H3;7-9H,5-6,12H2,1-4H3/b;;8-7-,11-10+. The first-order valence-electron chi connectivity index (χ1n) is 16.4. The van der Waals surface area contributed by atoms with Gasteiger partial charge in [-0.25, -0.2) is 0 Å². The van der Waals surface area contributed by atoms with Crippen molar-refractivity contribution in [3.8, 4) is 0 Å². The lowest BCUT2D eigenvalue weighted by atomic mass is 9.93. The molecule has 1 aliphatic heterocycles. The second kappa shape index (κ2) is 20.7. The summed E-state index contributed by atoms with van der Waals surface area (Å²) in [4.78, 5) is 13.8. The van der Waals surface area contributed by atoms with Crippen LogP contribution in [0.25, 0.3) is 0 Å². The number of likely N-dealkylation sites (tertiary alicyclic amines) is 1. The number of nitrogens with zero attached hydrogens (tertiary/aromatic N) is 4. The van der Waals surface area contributed by atoms with E-state index in [0.29, 0.717) is 17.8 Å². The van der Waals surface area contributed by atoms with Gasteiger partial charge in [-0.3, -0.25) is 14.9 Å². The Hall–Kier alpha value is -2.21. The van der Waals surface area contributed by atoms with Gasteiger partial charge >= 0.3 is 0 Å². The highest BCUT2D eigenvalue weighted by Crippen LogP contribution is 2.24. The Balaban J connectivity index is 0.000000329. The Labute approximate surface area is 270 Å². The number of aromatic nitrogens is 2. The van der Waals surface area contributed by atoms with E-state index in [0.717, 1.165) is 42.3 Å². The SMILES string of the molecule is CC(C)c1ncc(CN2CCCCC2)cc1Cl.CCC(/C=C\N)=C(/CC)C(C)C.Cc1ccc(CN(C)C)nc1C(C)C. The first kappa shape index (κ1) is 38.8. The van der Waals surface area contributed by atoms with Gasteiger partial charge < -0.3 is 10.6 Å². The van der Waals surface area contributed by atoms with Crippen LogP contribution in [0.15, 0.2) is 47.8 Å². The quantitative estimate of drug-likeness (QED) is 0.271. The zero-order valence-electron chi connectivity index (χ0n) is 29.3. The molecular weight excluding hydrogens is 550 g/mol. The molecule has 0 bridgehead atoms. The molecule has 0 saturated carbocycles. The van der Waals surface area contributed by atoms with E-state index in [4.69, 9.17) is 17.3 Å². The van der Waals surface area contributed by atoms with E-state index in [9.17, 15) is 0 Å². The van der Waals surface area contributed by atoms with Crippen molar-refractivity contribution >= 4 is 11.6 Å². The minimum Gasteiger partial charge on any atom is -0.405 e. The molecule has 2 N–H and O–H groups in total. The number of nitrogens with two attached hydrogens (primary N) is 1. The highest BCUT2D eigenvalue weighted by molar-refractivity contribution is 6.31. The molecule has 2 aromatic heterocycles. The molecule has 5 nitrogen and oxygen atoms in total. The van der Waals surface area contributed by atoms with Crippen molar-refractivity contribution in [2.75, 3.05) is 27.2 Å². The summed E-state index contributed by atoms with van der Waals surface area (Å²) < 4.78 is 0. The predicted molar refractivity (Wildman–Crippen MR) is 189 cm³/mol. The fourth-order valence-electron chi connectivity index (χ4n) is 5.53. The number of piperidine rings is 1. The summed E-state index contributed by atoms with van der Waals surface area (Å²) in [5.41, 5.74) is 14.2. The summed E-state index contributed by atoms with van der Waals surface area (Å²) in [6.07, 6.45) is 11.9. The molecule has 0 amide bonds. The van der Waals surface area contributed by atoms with Crippen LogP contribution < -0.4 is 5.73 Å². The molecule has 0 spiro atoms. The van der Waals surface area contributed by atoms with Crippen LogP contribution in [0.3, 0.4) is 0 Å². The zero-order chi connectivity index (χ0) is 32.5. The molecule has 3 heterocycles. The van der Waals surface area contributed by atoms with Crippen LogP contribution in [0.1, 0.15) is 128 Å². The molecule has 0 radical (unpaired) electrons. The third kappa shape index (κ3) is 14.4. The number of hydrogen-bond donors (Lipinski definition) is 1. The average Bonchev–Trinajstić information content (AvgIpc) is 2.94. The molecule has 1 fully saturated rings. The van der Waals surface area contributed by atoms with Crippen LogP contribution in [0, 0.1) is 12.8 Å². The van der Waals surface area contributed by atoms with Gasteiger partial charge in [-0.05, 0) is 119 Å². The Kier molecular flexibility index (Phi) is 18.7. The number of allylic oxidation sites excluding steroid dienone is 3. The smallest absolute Gasteiger partial charge is 0.0627 e. The molecular formula is C37H62ClN5. The second-order valence-corrected chi connectivity index (χ2v) is 13.3. The van der Waals surface area contributed by atoms with Gasteiger partial charge in [-0.2, -0.15) is 0 Å². The average molecular weight is 612 g/mol. The van der Waals surface area contributed by atoms with Crippen molar-refractivity contribution in [3.05, 3.63) is 81.0 Å². The third-order valence-corrected chi connectivity index (χ3v) is 8.02. The summed E-state index contributed by atoms with van der Waals surface area (Å²) in [5.74, 6) is 1.55. The number of aryl methyl sites for hydroxylation is 1. The second-order valence-electron chi connectivity index (χ2n) is 12.9. The van der Waals surface area contributed by atoms with Crippen molar-refractivity contribution in [1.29, 1.82) is 0 Å². The maximum atomic E-state index is 6.26. The number of hydrogen-bond acceptors (Lipinski definition) is 5. The summed E-state index contributed by atoms with van der Waals surface area (Å²) in [6.45, 7) is 23.9. The van der Waals surface area contributed by atoms with E-state index in [-0.39, 0.29) is 0 Å². The normalized spacial score (nSPS) is 14.6. The summed E-state index contributed by atoms with van der Waals surface area (Å²) in [7, 11) is 4.13. The first-order chi connectivity index (χ1) is 20.3. The molecule has 3 rings (SSSR count). The van der Waals surface area contributed by atoms with Crippen LogP contribution >= 0.6 is 11.6 Å². The minimum absolute atomic E-state index is 0.395. The minimum atomic E-state index is 0.395. The van der Waals surface area contributed by atoms with Gasteiger partial charge in [0.05, 0.1) is 16.4 Å². The van der Waals surface area contributed by atoms with Gasteiger partial charge in [0.25, 0.3) is 0 Å². The van der Waals surface area contributed by atoms with Crippen molar-refractivity contribution in [3.63, 3.8) is 0 Å². The fraction of sp³-hybridized carbons (Fsp3) is 0.622. The van der Waals surface area contributed by atoms with Crippen LogP contribution in [-0.2, 0) is 13.1 Å². The fourth-order valence-corrected chi connectivity index (χ4v) is 5.94. The maximum Gasteiger partial charge on any atom is 0.0627 e. The number of rotatable bonds is 10. The van der Waals surface area contributed by atoms with Gasteiger partial charge in [0.1, 0.15) is 0 Å². The van der Waals surface area contributed by atoms with E-state index in [1.54, 1.807) is 6.20 Å². The maximum absolute atomic E-state index is 6.26. The van der Waals surface area contributed by atoms with Crippen LogP contribution in [-0.4, -0.2) is 47.0 Å². The largest absolute Gasteiger partial charge is 0.405 e. The first-order valence-corrected chi connectivity index (χ1v) is 16.8. The zero-order valence-corrected chi connectivity index (χ0v) is 30.1. The molecule has 1 saturated heterocycles. The summed E-state index contributed by atoms with van der Waals surface area (Å²) in [5, 5.41) is 0.814. The molecule has 43 heavy (non-hydrogen) atoms. The molecule has 6 heteroatoms. The molecule has 0 atom stereocenters. The van der Waals surface area contributed by atoms with Gasteiger partial charge in [-0.1, -0.05) is 85.1 Å². The lowest BCUT2D eigenvalue weighted by molar-refractivity contribution is 0.220. The number of pyridine rings is 2. The molecule has 0 aromatic carbocycles. The predicted octanol–water partition coefficient (Wildman–Crippen LogP) is 9.65. The third-order valence-electron chi connectivity index (χ3n) is 7.72. The van der Waals surface area contributed by atoms with Crippen molar-refractivity contribution < 1.29 is 0 Å². The topological polar surface area (TPSA) is 58.3 Å². The van der Waals surface area contributed by atoms with Crippen molar-refractivity contribution in [2.24, 2.45) is 11.7 Å². The highest BCUT2D eigenvalue weighted by atomic mass is 35.5. The molecule has 2 aromatic rings. The monoisotopic (exact) mass is 611 g/mol. The van der Waals surface area contributed by atoms with Gasteiger partial charge in [0.2, 0.25) is 0 Å². The summed E-state index contributed by atoms with van der Waals surface area (Å²) in [6, 6.07) is 6.36. The lowest BCUT2D eigenvalue weighted by Gasteiger charge is -2.26. The Bertz CT molecular complexity index is 1130. The van der Waals surface area contributed by atoms with E-state index in [1.165, 1.54) is 60.3 Å². The highest BCUT2D eigenvalue weighted by Gasteiger charge is 2.13. The molecule has 242 valence electrons. The van der Waals surface area contributed by atoms with E-state index in [1.807, 2.05) is 12.3 Å². The van der Waals surface area contributed by atoms with Gasteiger partial charge in [-0.15, -0.1) is 0 Å². The van der Waals surface area contributed by atoms with E-state index in [2.05, 4.69) is 114 Å². The molecule has 0 unspecified atom stereocenters. The molecule has 0 aliphatic carbocycles. The van der Waals surface area contributed by atoms with E-state index >= 15 is 0 Å². The van der Waals surface area contributed by atoms with Gasteiger partial charge in [0.15, 0.2) is 0 Å². The van der Waals surface area contributed by atoms with Gasteiger partial charge in [0, 0.05) is 25.0 Å².